The number of carbonyl (C=O) groups excluding carboxylic acids is 2. The summed E-state index contributed by atoms with van der Waals surface area (Å²) in [6, 6.07) is 17.1. The lowest BCUT2D eigenvalue weighted by Gasteiger charge is -2.29. The van der Waals surface area contributed by atoms with Crippen molar-refractivity contribution in [2.75, 3.05) is 4.90 Å². The number of hydrogen-bond acceptors (Lipinski definition) is 5. The van der Waals surface area contributed by atoms with Crippen LogP contribution in [-0.4, -0.2) is 34.1 Å². The molecule has 1 aliphatic heterocycles. The van der Waals surface area contributed by atoms with Crippen LogP contribution in [-0.2, 0) is 9.59 Å². The molecule has 0 radical (unpaired) electrons. The van der Waals surface area contributed by atoms with Gasteiger partial charge in [0.05, 0.1) is 17.4 Å². The van der Waals surface area contributed by atoms with E-state index < -0.39 is 17.8 Å². The average molecular weight is 461 g/mol. The highest BCUT2D eigenvalue weighted by Gasteiger charge is 2.35. The van der Waals surface area contributed by atoms with Crippen molar-refractivity contribution in [1.82, 2.24) is 5.32 Å². The van der Waals surface area contributed by atoms with Gasteiger partial charge in [-0.05, 0) is 67.2 Å². The summed E-state index contributed by atoms with van der Waals surface area (Å²) in [5.74, 6) is -1.91. The molecule has 3 aromatic rings. The number of amides is 2. The van der Waals surface area contributed by atoms with Crippen molar-refractivity contribution >= 4 is 57.6 Å². The first kappa shape index (κ1) is 22.2. The largest absolute Gasteiger partial charge is 0.490 e. The predicted octanol–water partition coefficient (Wildman–Crippen LogP) is 4.16. The number of nitrogens with zero attached hydrogens (tertiary/aromatic N) is 1. The first-order valence-corrected chi connectivity index (χ1v) is 10.6. The molecule has 1 saturated heterocycles. The van der Waals surface area contributed by atoms with Crippen molar-refractivity contribution in [1.29, 1.82) is 0 Å². The van der Waals surface area contributed by atoms with Crippen LogP contribution in [0.5, 0.6) is 5.75 Å². The molecule has 0 aliphatic carbocycles. The number of ether oxygens (including phenoxy) is 1. The van der Waals surface area contributed by atoms with E-state index in [-0.39, 0.29) is 28.0 Å². The van der Waals surface area contributed by atoms with Crippen LogP contribution in [0.15, 0.2) is 66.2 Å². The molecule has 0 aromatic heterocycles. The third-order valence-electron chi connectivity index (χ3n) is 5.04. The molecule has 0 atom stereocenters. The number of rotatable bonds is 5. The van der Waals surface area contributed by atoms with Gasteiger partial charge in [0, 0.05) is 5.56 Å². The van der Waals surface area contributed by atoms with Gasteiger partial charge in [-0.1, -0.05) is 36.4 Å². The Kier molecular flexibility index (Phi) is 5.93. The molecule has 1 heterocycles. The third kappa shape index (κ3) is 4.33. The van der Waals surface area contributed by atoms with Gasteiger partial charge in [-0.2, -0.15) is 0 Å². The third-order valence-corrected chi connectivity index (χ3v) is 5.32. The lowest BCUT2D eigenvalue weighted by Crippen LogP contribution is -2.54. The van der Waals surface area contributed by atoms with E-state index in [1.165, 1.54) is 24.3 Å². The molecule has 7 nitrogen and oxygen atoms in total. The lowest BCUT2D eigenvalue weighted by atomic mass is 9.99. The number of aromatic carboxylic acids is 1. The Bertz CT molecular complexity index is 1350. The molecule has 4 rings (SSSR count). The van der Waals surface area contributed by atoms with Crippen molar-refractivity contribution in [2.24, 2.45) is 0 Å². The number of nitrogens with one attached hydrogen (secondary N) is 1. The van der Waals surface area contributed by atoms with Gasteiger partial charge in [-0.25, -0.2) is 4.79 Å². The fourth-order valence-electron chi connectivity index (χ4n) is 3.60. The highest BCUT2D eigenvalue weighted by Crippen LogP contribution is 2.32. The van der Waals surface area contributed by atoms with Crippen LogP contribution >= 0.6 is 12.2 Å². The molecule has 2 N–H and O–H groups in total. The van der Waals surface area contributed by atoms with E-state index in [0.29, 0.717) is 11.3 Å². The molecular formula is C25H20N2O5S. The standard InChI is InChI=1S/C25H20N2O5S/c1-14(2)32-21-11-10-15-6-3-4-9-18(15)19(21)13-20-22(28)26-25(33)27(23(20)29)17-8-5-7-16(12-17)24(30)31/h3-14H,1-2H3,(H,30,31)(H,26,28,33). The zero-order valence-corrected chi connectivity index (χ0v) is 18.7. The minimum absolute atomic E-state index is 0.00722. The highest BCUT2D eigenvalue weighted by molar-refractivity contribution is 7.80. The molecule has 1 fully saturated rings. The second-order valence-corrected chi connectivity index (χ2v) is 8.07. The van der Waals surface area contributed by atoms with Crippen molar-refractivity contribution in [2.45, 2.75) is 20.0 Å². The fraction of sp³-hybridized carbons (Fsp3) is 0.120. The van der Waals surface area contributed by atoms with E-state index >= 15 is 0 Å². The zero-order chi connectivity index (χ0) is 23.7. The first-order chi connectivity index (χ1) is 15.8. The molecule has 1 aliphatic rings. The summed E-state index contributed by atoms with van der Waals surface area (Å²) >= 11 is 5.22. The SMILES string of the molecule is CC(C)Oc1ccc2ccccc2c1C=C1C(=O)NC(=S)N(c2cccc(C(=O)O)c2)C1=O. The van der Waals surface area contributed by atoms with Gasteiger partial charge in [0.2, 0.25) is 0 Å². The van der Waals surface area contributed by atoms with Crippen LogP contribution in [0.1, 0.15) is 29.8 Å². The maximum atomic E-state index is 13.4. The molecule has 0 spiro atoms. The Morgan fingerprint density at radius 1 is 1.09 bits per heavy atom. The predicted molar refractivity (Wildman–Crippen MR) is 129 cm³/mol. The van der Waals surface area contributed by atoms with E-state index in [1.807, 2.05) is 44.2 Å². The van der Waals surface area contributed by atoms with Crippen LogP contribution in [0.25, 0.3) is 16.8 Å². The van der Waals surface area contributed by atoms with E-state index in [2.05, 4.69) is 5.32 Å². The van der Waals surface area contributed by atoms with Crippen molar-refractivity contribution in [3.63, 3.8) is 0 Å². The van der Waals surface area contributed by atoms with Crippen LogP contribution in [0.4, 0.5) is 5.69 Å². The Morgan fingerprint density at radius 3 is 2.58 bits per heavy atom. The van der Waals surface area contributed by atoms with Crippen LogP contribution < -0.4 is 15.0 Å². The first-order valence-electron chi connectivity index (χ1n) is 10.2. The van der Waals surface area contributed by atoms with Gasteiger partial charge in [0.1, 0.15) is 11.3 Å². The number of carboxylic acids is 1. The topological polar surface area (TPSA) is 95.9 Å². The summed E-state index contributed by atoms with van der Waals surface area (Å²) in [4.78, 5) is 38.7. The highest BCUT2D eigenvalue weighted by atomic mass is 32.1. The second-order valence-electron chi connectivity index (χ2n) is 7.68. The molecular weight excluding hydrogens is 440 g/mol. The monoisotopic (exact) mass is 460 g/mol. The van der Waals surface area contributed by atoms with Crippen LogP contribution in [0.2, 0.25) is 0 Å². The average Bonchev–Trinajstić information content (AvgIpc) is 2.77. The van der Waals surface area contributed by atoms with Gasteiger partial charge < -0.3 is 9.84 Å². The molecule has 3 aromatic carbocycles. The second kappa shape index (κ2) is 8.84. The normalized spacial score (nSPS) is 15.3. The van der Waals surface area contributed by atoms with Gasteiger partial charge in [-0.3, -0.25) is 19.8 Å². The van der Waals surface area contributed by atoms with Gasteiger partial charge in [0.25, 0.3) is 11.8 Å². The number of anilines is 1. The lowest BCUT2D eigenvalue weighted by molar-refractivity contribution is -0.122. The quantitative estimate of drug-likeness (QED) is 0.337. The van der Waals surface area contributed by atoms with Gasteiger partial charge in [-0.15, -0.1) is 0 Å². The summed E-state index contributed by atoms with van der Waals surface area (Å²) < 4.78 is 5.95. The number of carboxylic acid groups (broad SMARTS) is 1. The molecule has 8 heteroatoms. The van der Waals surface area contributed by atoms with E-state index in [4.69, 9.17) is 17.0 Å². The Balaban J connectivity index is 1.86. The maximum Gasteiger partial charge on any atom is 0.335 e. The number of fused-ring (bicyclic) bond motifs is 1. The van der Waals surface area contributed by atoms with Crippen molar-refractivity contribution in [3.05, 3.63) is 77.4 Å². The summed E-state index contributed by atoms with van der Waals surface area (Å²) in [5.41, 5.74) is 0.682. The summed E-state index contributed by atoms with van der Waals surface area (Å²) in [6.07, 6.45) is 1.37. The summed E-state index contributed by atoms with van der Waals surface area (Å²) in [6.45, 7) is 3.78. The molecule has 2 amide bonds. The summed E-state index contributed by atoms with van der Waals surface area (Å²) in [5, 5.41) is 13.4. The number of carbonyl (C=O) groups is 3. The summed E-state index contributed by atoms with van der Waals surface area (Å²) in [7, 11) is 0. The Morgan fingerprint density at radius 2 is 1.85 bits per heavy atom. The van der Waals surface area contributed by atoms with Gasteiger partial charge >= 0.3 is 5.97 Å². The molecule has 0 unspecified atom stereocenters. The smallest absolute Gasteiger partial charge is 0.335 e. The minimum Gasteiger partial charge on any atom is -0.490 e. The van der Waals surface area contributed by atoms with Crippen LogP contribution in [0, 0.1) is 0 Å². The maximum absolute atomic E-state index is 13.4. The fourth-order valence-corrected chi connectivity index (χ4v) is 3.88. The Labute approximate surface area is 195 Å². The van der Waals surface area contributed by atoms with Crippen molar-refractivity contribution < 1.29 is 24.2 Å². The minimum atomic E-state index is -1.14. The van der Waals surface area contributed by atoms with E-state index in [9.17, 15) is 19.5 Å². The molecule has 0 bridgehead atoms. The van der Waals surface area contributed by atoms with Crippen LogP contribution in [0.3, 0.4) is 0 Å². The van der Waals surface area contributed by atoms with E-state index in [1.54, 1.807) is 12.1 Å². The van der Waals surface area contributed by atoms with Crippen molar-refractivity contribution in [3.8, 4) is 5.75 Å². The molecule has 33 heavy (non-hydrogen) atoms. The molecule has 166 valence electrons. The number of benzene rings is 3. The van der Waals surface area contributed by atoms with E-state index in [0.717, 1.165) is 15.7 Å². The number of hydrogen-bond donors (Lipinski definition) is 2. The number of thiocarbonyl (C=S) groups is 1. The Hall–Kier alpha value is -4.04. The molecule has 0 saturated carbocycles. The van der Waals surface area contributed by atoms with Gasteiger partial charge in [0.15, 0.2) is 5.11 Å². The zero-order valence-electron chi connectivity index (χ0n) is 17.9.